The summed E-state index contributed by atoms with van der Waals surface area (Å²) in [6.45, 7) is 8.92. The van der Waals surface area contributed by atoms with Gasteiger partial charge in [-0.05, 0) is 84.3 Å². The Hall–Kier alpha value is -3.40. The van der Waals surface area contributed by atoms with Gasteiger partial charge in [-0.3, -0.25) is 0 Å². The predicted molar refractivity (Wildman–Crippen MR) is 164 cm³/mol. The van der Waals surface area contributed by atoms with Gasteiger partial charge in [-0.15, -0.1) is 0 Å². The number of hydrogen-bond donors (Lipinski definition) is 0. The molecular weight excluding hydrogens is 496 g/mol. The van der Waals surface area contributed by atoms with E-state index in [2.05, 4.69) is 27.7 Å². The zero-order chi connectivity index (χ0) is 28.7. The zero-order valence-corrected chi connectivity index (χ0v) is 24.8. The summed E-state index contributed by atoms with van der Waals surface area (Å²) < 4.78 is 11.1. The number of unbranched alkanes of at least 4 members (excludes halogenated alkanes) is 6. The molecule has 40 heavy (non-hydrogen) atoms. The highest BCUT2D eigenvalue weighted by atomic mass is 16.5. The molecule has 3 aromatic carbocycles. The maximum atomic E-state index is 12.6. The van der Waals surface area contributed by atoms with Crippen LogP contribution in [0.3, 0.4) is 0 Å². The molecule has 3 rings (SSSR count). The standard InChI is InChI=1S/C36H46O4/c1-5-7-9-11-13-27(3)29-15-19-31(20-16-29)35(37)39-33-23-25-34(26-24-33)40-36(38)32-21-17-30(18-22-32)28(4)14-12-10-8-6-2/h15-28H,5-14H2,1-4H3/t27-,28-/m0/s1. The second-order valence-electron chi connectivity index (χ2n) is 11.0. The topological polar surface area (TPSA) is 52.6 Å². The highest BCUT2D eigenvalue weighted by Crippen LogP contribution is 2.25. The van der Waals surface area contributed by atoms with E-state index in [4.69, 9.17) is 9.47 Å². The van der Waals surface area contributed by atoms with Crippen LogP contribution in [0.5, 0.6) is 11.5 Å². The molecule has 0 aliphatic rings. The Bertz CT molecular complexity index is 1070. The first-order valence-corrected chi connectivity index (χ1v) is 15.2. The van der Waals surface area contributed by atoms with Crippen molar-refractivity contribution in [2.45, 2.75) is 104 Å². The monoisotopic (exact) mass is 542 g/mol. The summed E-state index contributed by atoms with van der Waals surface area (Å²) in [7, 11) is 0. The van der Waals surface area contributed by atoms with Crippen molar-refractivity contribution < 1.29 is 19.1 Å². The average molecular weight is 543 g/mol. The molecule has 3 aromatic rings. The van der Waals surface area contributed by atoms with Crippen LogP contribution < -0.4 is 9.47 Å². The van der Waals surface area contributed by atoms with Crippen LogP contribution in [0.2, 0.25) is 0 Å². The number of benzene rings is 3. The number of esters is 2. The summed E-state index contributed by atoms with van der Waals surface area (Å²) in [5.74, 6) is 0.919. The fourth-order valence-electron chi connectivity index (χ4n) is 4.89. The van der Waals surface area contributed by atoms with Crippen LogP contribution in [0.25, 0.3) is 0 Å². The van der Waals surface area contributed by atoms with Crippen molar-refractivity contribution in [2.75, 3.05) is 0 Å². The van der Waals surface area contributed by atoms with Crippen LogP contribution in [0, 0.1) is 0 Å². The molecule has 2 atom stereocenters. The Labute approximate surface area is 241 Å². The Morgan fingerprint density at radius 2 is 0.875 bits per heavy atom. The van der Waals surface area contributed by atoms with Gasteiger partial charge in [-0.25, -0.2) is 9.59 Å². The molecule has 214 valence electrons. The normalized spacial score (nSPS) is 12.5. The van der Waals surface area contributed by atoms with Gasteiger partial charge in [0.05, 0.1) is 11.1 Å². The van der Waals surface area contributed by atoms with E-state index in [1.807, 2.05) is 48.5 Å². The second kappa shape index (κ2) is 16.6. The molecule has 0 fully saturated rings. The molecule has 0 spiro atoms. The molecule has 0 N–H and O–H groups in total. The van der Waals surface area contributed by atoms with Crippen molar-refractivity contribution in [1.29, 1.82) is 0 Å². The van der Waals surface area contributed by atoms with Gasteiger partial charge in [-0.2, -0.15) is 0 Å². The molecule has 0 bridgehead atoms. The average Bonchev–Trinajstić information content (AvgIpc) is 2.98. The molecule has 0 aliphatic heterocycles. The van der Waals surface area contributed by atoms with Crippen molar-refractivity contribution in [2.24, 2.45) is 0 Å². The Balaban J connectivity index is 1.48. The number of carbonyl (C=O) groups is 2. The molecule has 0 radical (unpaired) electrons. The van der Waals surface area contributed by atoms with Crippen LogP contribution in [0.1, 0.15) is 136 Å². The van der Waals surface area contributed by atoms with Crippen LogP contribution in [0.15, 0.2) is 72.8 Å². The maximum Gasteiger partial charge on any atom is 0.343 e. The lowest BCUT2D eigenvalue weighted by molar-refractivity contribution is 0.0719. The van der Waals surface area contributed by atoms with Gasteiger partial charge in [0.2, 0.25) is 0 Å². The fourth-order valence-corrected chi connectivity index (χ4v) is 4.89. The molecule has 0 aromatic heterocycles. The van der Waals surface area contributed by atoms with Gasteiger partial charge >= 0.3 is 11.9 Å². The van der Waals surface area contributed by atoms with Crippen molar-refractivity contribution >= 4 is 11.9 Å². The second-order valence-corrected chi connectivity index (χ2v) is 11.0. The van der Waals surface area contributed by atoms with Gasteiger partial charge in [0.15, 0.2) is 0 Å². The van der Waals surface area contributed by atoms with E-state index in [1.165, 1.54) is 62.5 Å². The molecule has 0 unspecified atom stereocenters. The Morgan fingerprint density at radius 3 is 1.20 bits per heavy atom. The Morgan fingerprint density at radius 1 is 0.525 bits per heavy atom. The first-order chi connectivity index (χ1) is 19.4. The van der Waals surface area contributed by atoms with Gasteiger partial charge in [-0.1, -0.05) is 103 Å². The summed E-state index contributed by atoms with van der Waals surface area (Å²) in [4.78, 5) is 25.3. The first-order valence-electron chi connectivity index (χ1n) is 15.2. The van der Waals surface area contributed by atoms with Crippen LogP contribution in [0.4, 0.5) is 0 Å². The van der Waals surface area contributed by atoms with Gasteiger partial charge in [0.1, 0.15) is 11.5 Å². The molecule has 0 saturated carbocycles. The van der Waals surface area contributed by atoms with Crippen molar-refractivity contribution in [1.82, 2.24) is 0 Å². The molecule has 4 heteroatoms. The molecule has 0 saturated heterocycles. The number of carbonyl (C=O) groups excluding carboxylic acids is 2. The van der Waals surface area contributed by atoms with Crippen LogP contribution >= 0.6 is 0 Å². The van der Waals surface area contributed by atoms with E-state index < -0.39 is 11.9 Å². The zero-order valence-electron chi connectivity index (χ0n) is 24.8. The van der Waals surface area contributed by atoms with Crippen LogP contribution in [-0.4, -0.2) is 11.9 Å². The van der Waals surface area contributed by atoms with Crippen molar-refractivity contribution in [3.8, 4) is 11.5 Å². The van der Waals surface area contributed by atoms with Crippen molar-refractivity contribution in [3.05, 3.63) is 95.1 Å². The minimum absolute atomic E-state index is 0.399. The van der Waals surface area contributed by atoms with E-state index in [0.29, 0.717) is 34.5 Å². The summed E-state index contributed by atoms with van der Waals surface area (Å²) in [5, 5.41) is 0. The van der Waals surface area contributed by atoms with E-state index in [9.17, 15) is 9.59 Å². The van der Waals surface area contributed by atoms with E-state index in [0.717, 1.165) is 12.8 Å². The third-order valence-corrected chi connectivity index (χ3v) is 7.66. The quantitative estimate of drug-likeness (QED) is 0.103. The number of rotatable bonds is 16. The largest absolute Gasteiger partial charge is 0.423 e. The number of ether oxygens (including phenoxy) is 2. The van der Waals surface area contributed by atoms with Gasteiger partial charge in [0, 0.05) is 0 Å². The minimum atomic E-state index is -0.411. The molecular formula is C36H46O4. The van der Waals surface area contributed by atoms with E-state index in [-0.39, 0.29) is 0 Å². The fraction of sp³-hybridized carbons (Fsp3) is 0.444. The van der Waals surface area contributed by atoms with Gasteiger partial charge in [0.25, 0.3) is 0 Å². The van der Waals surface area contributed by atoms with E-state index >= 15 is 0 Å². The molecule has 4 nitrogen and oxygen atoms in total. The van der Waals surface area contributed by atoms with Crippen molar-refractivity contribution in [3.63, 3.8) is 0 Å². The SMILES string of the molecule is CCCCCC[C@H](C)c1ccc(C(=O)Oc2ccc(OC(=O)c3ccc([C@@H](C)CCCCCC)cc3)cc2)cc1. The summed E-state index contributed by atoms with van der Waals surface area (Å²) in [6, 6.07) is 21.9. The molecule has 0 aliphatic carbocycles. The lowest BCUT2D eigenvalue weighted by Crippen LogP contribution is -2.10. The number of hydrogen-bond acceptors (Lipinski definition) is 4. The summed E-state index contributed by atoms with van der Waals surface area (Å²) >= 11 is 0. The van der Waals surface area contributed by atoms with Gasteiger partial charge < -0.3 is 9.47 Å². The molecule has 0 heterocycles. The third kappa shape index (κ3) is 9.97. The maximum absolute atomic E-state index is 12.6. The van der Waals surface area contributed by atoms with Crippen LogP contribution in [-0.2, 0) is 0 Å². The Kier molecular flexibility index (Phi) is 13.0. The highest BCUT2D eigenvalue weighted by Gasteiger charge is 2.13. The minimum Gasteiger partial charge on any atom is -0.423 e. The van der Waals surface area contributed by atoms with E-state index in [1.54, 1.807) is 24.3 Å². The first kappa shape index (κ1) is 31.1. The molecule has 0 amide bonds. The highest BCUT2D eigenvalue weighted by molar-refractivity contribution is 5.92. The third-order valence-electron chi connectivity index (χ3n) is 7.66. The summed E-state index contributed by atoms with van der Waals surface area (Å²) in [6.07, 6.45) is 12.4. The smallest absolute Gasteiger partial charge is 0.343 e. The lowest BCUT2D eigenvalue weighted by Gasteiger charge is -2.13. The predicted octanol–water partition coefficient (Wildman–Crippen LogP) is 10.3. The summed E-state index contributed by atoms with van der Waals surface area (Å²) in [5.41, 5.74) is 3.50. The lowest BCUT2D eigenvalue weighted by atomic mass is 9.94.